The smallest absolute Gasteiger partial charge is 0.259 e. The number of hydrogen-bond acceptors (Lipinski definition) is 6. The van der Waals surface area contributed by atoms with Crippen LogP contribution in [-0.2, 0) is 0 Å². The number of nitrogens with zero attached hydrogens (tertiary/aromatic N) is 2. The molecule has 2 heterocycles. The van der Waals surface area contributed by atoms with Crippen molar-refractivity contribution in [2.24, 2.45) is 0 Å². The van der Waals surface area contributed by atoms with Crippen LogP contribution in [0.2, 0.25) is 0 Å². The van der Waals surface area contributed by atoms with E-state index in [9.17, 15) is 4.79 Å². The van der Waals surface area contributed by atoms with Gasteiger partial charge in [-0.25, -0.2) is 4.98 Å². The number of hydrogen-bond donors (Lipinski definition) is 1. The molecular formula is C21H17N3O3S. The van der Waals surface area contributed by atoms with E-state index in [1.54, 1.807) is 26.5 Å². The molecule has 1 N–H and O–H groups in total. The van der Waals surface area contributed by atoms with Crippen LogP contribution < -0.4 is 14.8 Å². The van der Waals surface area contributed by atoms with Crippen LogP contribution >= 0.6 is 11.3 Å². The van der Waals surface area contributed by atoms with Crippen LogP contribution in [0, 0.1) is 0 Å². The Bertz CT molecular complexity index is 1150. The van der Waals surface area contributed by atoms with Gasteiger partial charge in [-0.15, -0.1) is 11.3 Å². The molecule has 4 rings (SSSR count). The van der Waals surface area contributed by atoms with Crippen LogP contribution in [0.15, 0.2) is 60.1 Å². The Hall–Kier alpha value is -3.45. The lowest BCUT2D eigenvalue weighted by atomic mass is 10.1. The highest BCUT2D eigenvalue weighted by molar-refractivity contribution is 7.14. The van der Waals surface area contributed by atoms with E-state index in [-0.39, 0.29) is 5.91 Å². The van der Waals surface area contributed by atoms with Gasteiger partial charge >= 0.3 is 0 Å². The van der Waals surface area contributed by atoms with Crippen molar-refractivity contribution in [3.05, 3.63) is 65.7 Å². The molecule has 2 aromatic heterocycles. The summed E-state index contributed by atoms with van der Waals surface area (Å²) >= 11 is 1.35. The predicted octanol–water partition coefficient (Wildman–Crippen LogP) is 4.63. The van der Waals surface area contributed by atoms with Gasteiger partial charge in [0.05, 0.1) is 31.0 Å². The van der Waals surface area contributed by atoms with Crippen LogP contribution in [0.1, 0.15) is 10.4 Å². The minimum Gasteiger partial charge on any atom is -0.497 e. The molecule has 0 fully saturated rings. The van der Waals surface area contributed by atoms with E-state index in [0.29, 0.717) is 33.4 Å². The van der Waals surface area contributed by atoms with E-state index in [1.165, 1.54) is 11.3 Å². The van der Waals surface area contributed by atoms with Gasteiger partial charge in [0.2, 0.25) is 0 Å². The topological polar surface area (TPSA) is 73.3 Å². The fourth-order valence-electron chi connectivity index (χ4n) is 2.92. The van der Waals surface area contributed by atoms with Gasteiger partial charge in [-0.3, -0.25) is 15.1 Å². The molecule has 6 nitrogen and oxygen atoms in total. The fourth-order valence-corrected chi connectivity index (χ4v) is 3.63. The van der Waals surface area contributed by atoms with Crippen LogP contribution in [-0.4, -0.2) is 30.1 Å². The number of carbonyl (C=O) groups excluding carboxylic acids is 1. The summed E-state index contributed by atoms with van der Waals surface area (Å²) < 4.78 is 10.7. The Balaban J connectivity index is 1.63. The second-order valence-electron chi connectivity index (χ2n) is 5.94. The predicted molar refractivity (Wildman–Crippen MR) is 110 cm³/mol. The Morgan fingerprint density at radius 2 is 1.93 bits per heavy atom. The lowest BCUT2D eigenvalue weighted by Gasteiger charge is -2.08. The van der Waals surface area contributed by atoms with Crippen LogP contribution in [0.25, 0.3) is 22.2 Å². The summed E-state index contributed by atoms with van der Waals surface area (Å²) in [5.74, 6) is 1.14. The SMILES string of the molecule is COc1ccc(OC)c(-c2csc(NC(=O)c3cccc4cccnc34)n2)c1. The highest BCUT2D eigenvalue weighted by Crippen LogP contribution is 2.35. The van der Waals surface area contributed by atoms with Gasteiger partial charge in [0.15, 0.2) is 5.13 Å². The van der Waals surface area contributed by atoms with Crippen molar-refractivity contribution in [3.63, 3.8) is 0 Å². The zero-order valence-corrected chi connectivity index (χ0v) is 16.1. The van der Waals surface area contributed by atoms with Crippen molar-refractivity contribution in [1.29, 1.82) is 0 Å². The molecule has 0 unspecified atom stereocenters. The summed E-state index contributed by atoms with van der Waals surface area (Å²) in [5.41, 5.74) is 2.67. The van der Waals surface area contributed by atoms with Crippen LogP contribution in [0.3, 0.4) is 0 Å². The summed E-state index contributed by atoms with van der Waals surface area (Å²) in [6.45, 7) is 0. The number of methoxy groups -OCH3 is 2. The molecular weight excluding hydrogens is 374 g/mol. The average molecular weight is 391 g/mol. The van der Waals surface area contributed by atoms with Crippen LogP contribution in [0.4, 0.5) is 5.13 Å². The van der Waals surface area contributed by atoms with Crippen molar-refractivity contribution in [2.75, 3.05) is 19.5 Å². The number of anilines is 1. The van der Waals surface area contributed by atoms with Gasteiger partial charge in [-0.05, 0) is 30.3 Å². The van der Waals surface area contributed by atoms with Crippen molar-refractivity contribution in [3.8, 4) is 22.8 Å². The van der Waals surface area contributed by atoms with Gasteiger partial charge in [-0.1, -0.05) is 18.2 Å². The Labute approximate surface area is 165 Å². The van der Waals surface area contributed by atoms with E-state index in [0.717, 1.165) is 10.9 Å². The highest BCUT2D eigenvalue weighted by Gasteiger charge is 2.15. The lowest BCUT2D eigenvalue weighted by molar-refractivity contribution is 0.102. The molecule has 0 aliphatic rings. The first-order valence-electron chi connectivity index (χ1n) is 8.52. The van der Waals surface area contributed by atoms with E-state index in [1.807, 2.05) is 47.8 Å². The molecule has 0 saturated heterocycles. The number of fused-ring (bicyclic) bond motifs is 1. The van der Waals surface area contributed by atoms with Gasteiger partial charge in [0.1, 0.15) is 11.5 Å². The van der Waals surface area contributed by atoms with Crippen LogP contribution in [0.5, 0.6) is 11.5 Å². The molecule has 28 heavy (non-hydrogen) atoms. The van der Waals surface area contributed by atoms with Gasteiger partial charge in [-0.2, -0.15) is 0 Å². The number of pyridine rings is 1. The number of amides is 1. The number of thiazole rings is 1. The number of nitrogens with one attached hydrogen (secondary N) is 1. The molecule has 0 bridgehead atoms. The molecule has 0 spiro atoms. The molecule has 140 valence electrons. The minimum absolute atomic E-state index is 0.247. The van der Waals surface area contributed by atoms with E-state index in [4.69, 9.17) is 9.47 Å². The Morgan fingerprint density at radius 1 is 1.07 bits per heavy atom. The zero-order chi connectivity index (χ0) is 19.5. The lowest BCUT2D eigenvalue weighted by Crippen LogP contribution is -2.12. The maximum atomic E-state index is 12.8. The quantitative estimate of drug-likeness (QED) is 0.537. The number of benzene rings is 2. The third kappa shape index (κ3) is 3.39. The maximum absolute atomic E-state index is 12.8. The summed E-state index contributed by atoms with van der Waals surface area (Å²) in [4.78, 5) is 21.6. The molecule has 0 aliphatic carbocycles. The van der Waals surface area contributed by atoms with E-state index < -0.39 is 0 Å². The summed E-state index contributed by atoms with van der Waals surface area (Å²) in [5, 5.41) is 6.14. The first kappa shape index (κ1) is 17.9. The fraction of sp³-hybridized carbons (Fsp3) is 0.0952. The van der Waals surface area contributed by atoms with Crippen molar-refractivity contribution in [2.45, 2.75) is 0 Å². The van der Waals surface area contributed by atoms with Gasteiger partial charge in [0.25, 0.3) is 5.91 Å². The second-order valence-corrected chi connectivity index (χ2v) is 6.80. The average Bonchev–Trinajstić information content (AvgIpc) is 3.21. The summed E-state index contributed by atoms with van der Waals surface area (Å²) in [7, 11) is 3.21. The van der Waals surface area contributed by atoms with E-state index >= 15 is 0 Å². The molecule has 7 heteroatoms. The summed E-state index contributed by atoms with van der Waals surface area (Å²) in [6.07, 6.45) is 1.68. The second kappa shape index (κ2) is 7.66. The Morgan fingerprint density at radius 3 is 2.75 bits per heavy atom. The molecule has 2 aromatic carbocycles. The number of carbonyl (C=O) groups is 1. The molecule has 0 radical (unpaired) electrons. The Kier molecular flexibility index (Phi) is 4.90. The molecule has 1 amide bonds. The van der Waals surface area contributed by atoms with Gasteiger partial charge in [0, 0.05) is 22.5 Å². The number of rotatable bonds is 5. The van der Waals surface area contributed by atoms with Crippen molar-refractivity contribution < 1.29 is 14.3 Å². The normalized spacial score (nSPS) is 10.6. The largest absolute Gasteiger partial charge is 0.497 e. The van der Waals surface area contributed by atoms with Gasteiger partial charge < -0.3 is 9.47 Å². The first-order valence-corrected chi connectivity index (χ1v) is 9.40. The number of para-hydroxylation sites is 1. The maximum Gasteiger partial charge on any atom is 0.259 e. The standard InChI is InChI=1S/C21H17N3O3S/c1-26-14-8-9-18(27-2)16(11-14)17-12-28-21(23-17)24-20(25)15-7-3-5-13-6-4-10-22-19(13)15/h3-12H,1-2H3,(H,23,24,25). The third-order valence-electron chi connectivity index (χ3n) is 4.28. The molecule has 0 aliphatic heterocycles. The number of aromatic nitrogens is 2. The number of ether oxygens (including phenoxy) is 2. The monoisotopic (exact) mass is 391 g/mol. The van der Waals surface area contributed by atoms with E-state index in [2.05, 4.69) is 15.3 Å². The minimum atomic E-state index is -0.247. The molecule has 0 atom stereocenters. The zero-order valence-electron chi connectivity index (χ0n) is 15.3. The van der Waals surface area contributed by atoms with Crippen molar-refractivity contribution in [1.82, 2.24) is 9.97 Å². The third-order valence-corrected chi connectivity index (χ3v) is 5.04. The molecule has 0 saturated carbocycles. The summed E-state index contributed by atoms with van der Waals surface area (Å²) in [6, 6.07) is 14.8. The first-order chi connectivity index (χ1) is 13.7. The van der Waals surface area contributed by atoms with Crippen molar-refractivity contribution >= 4 is 33.3 Å². The molecule has 4 aromatic rings. The highest BCUT2D eigenvalue weighted by atomic mass is 32.1.